The lowest BCUT2D eigenvalue weighted by Crippen LogP contribution is -2.19. The van der Waals surface area contributed by atoms with Crippen LogP contribution in [0.5, 0.6) is 0 Å². The van der Waals surface area contributed by atoms with Gasteiger partial charge < -0.3 is 26.3 Å². The molecule has 0 fully saturated rings. The van der Waals surface area contributed by atoms with E-state index in [1.54, 1.807) is 30.3 Å². The van der Waals surface area contributed by atoms with Gasteiger partial charge in [-0.2, -0.15) is 8.42 Å². The molecule has 9 heteroatoms. The van der Waals surface area contributed by atoms with Crippen LogP contribution < -0.4 is 0 Å². The molecule has 0 saturated carbocycles. The molecule has 0 bridgehead atoms. The van der Waals surface area contributed by atoms with Crippen LogP contribution in [-0.4, -0.2) is 47.7 Å². The van der Waals surface area contributed by atoms with Crippen LogP contribution in [0.1, 0.15) is 12.0 Å². The van der Waals surface area contributed by atoms with Gasteiger partial charge in [0.25, 0.3) is 0 Å². The Kier molecular flexibility index (Phi) is 9.46. The summed E-state index contributed by atoms with van der Waals surface area (Å²) in [6.45, 7) is 0. The zero-order valence-corrected chi connectivity index (χ0v) is 13.0. The van der Waals surface area contributed by atoms with Crippen molar-refractivity contribution in [2.24, 2.45) is 0 Å². The van der Waals surface area contributed by atoms with Gasteiger partial charge in [-0.15, -0.1) is 0 Å². The quantitative estimate of drug-likeness (QED) is 0.411. The van der Waals surface area contributed by atoms with Crippen LogP contribution in [0.4, 0.5) is 0 Å². The zero-order valence-electron chi connectivity index (χ0n) is 12.2. The molecular weight excluding hydrogens is 328 g/mol. The predicted molar refractivity (Wildman–Crippen MR) is 85.5 cm³/mol. The number of ketones is 1. The first-order valence-corrected chi connectivity index (χ1v) is 6.85. The monoisotopic (exact) mass is 346 g/mol. The molecule has 0 aliphatic heterocycles. The Bertz CT molecular complexity index is 736. The van der Waals surface area contributed by atoms with Crippen molar-refractivity contribution in [3.05, 3.63) is 53.3 Å². The Labute approximate surface area is 133 Å². The maximum Gasteiger partial charge on any atom is 0.221 e. The van der Waals surface area contributed by atoms with Crippen molar-refractivity contribution >= 4 is 26.7 Å². The Hall–Kier alpha value is -2.46. The van der Waals surface area contributed by atoms with Crippen molar-refractivity contribution in [3.63, 3.8) is 0 Å². The number of benzene rings is 1. The number of carbonyl (C=O) groups is 1. The van der Waals surface area contributed by atoms with Gasteiger partial charge in [0, 0.05) is 23.6 Å². The highest BCUT2D eigenvalue weighted by Crippen LogP contribution is 2.25. The summed E-state index contributed by atoms with van der Waals surface area (Å²) in [5.41, 5.74) is 0.498. The van der Waals surface area contributed by atoms with Crippen molar-refractivity contribution < 1.29 is 39.5 Å². The molecule has 1 aromatic carbocycles. The number of hydrogen-bond donors (Lipinski definition) is 1. The van der Waals surface area contributed by atoms with Gasteiger partial charge in [-0.05, 0) is 0 Å². The second-order valence-electron chi connectivity index (χ2n) is 4.10. The molecule has 0 aromatic heterocycles. The predicted octanol–water partition coefficient (Wildman–Crippen LogP) is -0.964. The number of aliphatic hydroxyl groups excluding tert-OH is 1. The van der Waals surface area contributed by atoms with Crippen LogP contribution in [0.15, 0.2) is 47.7 Å². The molecule has 1 aliphatic rings. The van der Waals surface area contributed by atoms with E-state index < -0.39 is 16.1 Å². The summed E-state index contributed by atoms with van der Waals surface area (Å²) < 4.78 is 27.2. The van der Waals surface area contributed by atoms with Crippen LogP contribution in [0.2, 0.25) is 0 Å². The molecule has 0 atom stereocenters. The van der Waals surface area contributed by atoms with Gasteiger partial charge in [0.2, 0.25) is 10.3 Å². The topological polar surface area (TPSA) is 175 Å². The molecule has 0 spiro atoms. The average Bonchev–Trinajstić information content (AvgIpc) is 2.46. The van der Waals surface area contributed by atoms with Crippen LogP contribution >= 0.6 is 0 Å². The Morgan fingerprint density at radius 3 is 2.17 bits per heavy atom. The SMILES string of the molecule is COC1=CC(=O)C(=C(O)c2ccccc2)CC1=S(=O)=O.O.O.O. The molecule has 0 heterocycles. The van der Waals surface area contributed by atoms with Crippen molar-refractivity contribution in [1.82, 2.24) is 0 Å². The normalized spacial score (nSPS) is 15.3. The molecule has 1 aliphatic carbocycles. The molecule has 23 heavy (non-hydrogen) atoms. The Morgan fingerprint density at radius 1 is 1.13 bits per heavy atom. The maximum atomic E-state index is 12.0. The minimum atomic E-state index is -2.51. The molecule has 0 unspecified atom stereocenters. The second-order valence-corrected chi connectivity index (χ2v) is 5.07. The number of rotatable bonds is 2. The fourth-order valence-corrected chi connectivity index (χ4v) is 2.47. The van der Waals surface area contributed by atoms with Gasteiger partial charge in [0.05, 0.1) is 7.11 Å². The minimum Gasteiger partial charge on any atom is -0.507 e. The molecule has 0 radical (unpaired) electrons. The van der Waals surface area contributed by atoms with E-state index in [2.05, 4.69) is 0 Å². The number of ether oxygens (including phenoxy) is 1. The van der Waals surface area contributed by atoms with Gasteiger partial charge in [-0.3, -0.25) is 4.79 Å². The molecule has 1 aromatic rings. The van der Waals surface area contributed by atoms with E-state index in [0.717, 1.165) is 6.08 Å². The number of methoxy groups -OCH3 is 1. The summed E-state index contributed by atoms with van der Waals surface area (Å²) in [6, 6.07) is 8.48. The number of carbonyl (C=O) groups excluding carboxylic acids is 1. The highest BCUT2D eigenvalue weighted by Gasteiger charge is 2.26. The highest BCUT2D eigenvalue weighted by molar-refractivity contribution is 7.73. The standard InChI is InChI=1S/C14H12O5S.3H2O/c1-19-12-8-11(15)10(7-13(12)20(17)18)14(16)9-5-3-2-4-6-9;;;/h2-6,8,16H,7H2,1H3;3*1H2. The minimum absolute atomic E-state index is 0. The van der Waals surface area contributed by atoms with E-state index in [4.69, 9.17) is 4.74 Å². The smallest absolute Gasteiger partial charge is 0.221 e. The summed E-state index contributed by atoms with van der Waals surface area (Å²) in [7, 11) is -1.23. The molecule has 0 saturated heterocycles. The Morgan fingerprint density at radius 2 is 1.70 bits per heavy atom. The van der Waals surface area contributed by atoms with E-state index in [1.165, 1.54) is 7.11 Å². The van der Waals surface area contributed by atoms with Gasteiger partial charge in [-0.25, -0.2) is 0 Å². The number of hydrogen-bond acceptors (Lipinski definition) is 5. The molecule has 8 nitrogen and oxygen atoms in total. The molecule has 2 rings (SSSR count). The van der Waals surface area contributed by atoms with Crippen molar-refractivity contribution in [2.45, 2.75) is 6.42 Å². The third-order valence-corrected chi connectivity index (χ3v) is 3.67. The zero-order chi connectivity index (χ0) is 14.7. The fraction of sp³-hybridized carbons (Fsp3) is 0.143. The third-order valence-electron chi connectivity index (χ3n) is 2.93. The second kappa shape index (κ2) is 9.54. The fourth-order valence-electron chi connectivity index (χ4n) is 1.91. The summed E-state index contributed by atoms with van der Waals surface area (Å²) in [5, 5.41) is 10.1. The number of aliphatic hydroxyl groups is 1. The van der Waals surface area contributed by atoms with E-state index in [0.29, 0.717) is 5.56 Å². The average molecular weight is 346 g/mol. The van der Waals surface area contributed by atoms with Crippen LogP contribution in [0.3, 0.4) is 0 Å². The van der Waals surface area contributed by atoms with Gasteiger partial charge in [-0.1, -0.05) is 30.3 Å². The molecule has 0 amide bonds. The summed E-state index contributed by atoms with van der Waals surface area (Å²) in [6.07, 6.45) is 0.887. The van der Waals surface area contributed by atoms with Crippen molar-refractivity contribution in [2.75, 3.05) is 7.11 Å². The van der Waals surface area contributed by atoms with Gasteiger partial charge >= 0.3 is 0 Å². The first-order chi connectivity index (χ1) is 9.54. The van der Waals surface area contributed by atoms with Crippen molar-refractivity contribution in [1.29, 1.82) is 0 Å². The van der Waals surface area contributed by atoms with Gasteiger partial charge in [0.15, 0.2) is 5.78 Å². The molecule has 7 N–H and O–H groups in total. The van der Waals surface area contributed by atoms with E-state index in [9.17, 15) is 18.3 Å². The summed E-state index contributed by atoms with van der Waals surface area (Å²) >= 11 is 0. The largest absolute Gasteiger partial charge is 0.507 e. The lowest BCUT2D eigenvalue weighted by Gasteiger charge is -2.15. The molecule has 128 valence electrons. The van der Waals surface area contributed by atoms with Crippen LogP contribution in [0.25, 0.3) is 5.76 Å². The van der Waals surface area contributed by atoms with E-state index >= 15 is 0 Å². The highest BCUT2D eigenvalue weighted by atomic mass is 32.2. The molecular formula is C14H18O8S. The van der Waals surface area contributed by atoms with Crippen LogP contribution in [-0.2, 0) is 19.8 Å². The summed E-state index contributed by atoms with van der Waals surface area (Å²) in [4.78, 5) is 11.9. The third kappa shape index (κ3) is 4.76. The van der Waals surface area contributed by atoms with Crippen LogP contribution in [0, 0.1) is 0 Å². The van der Waals surface area contributed by atoms with E-state index in [-0.39, 0.29) is 44.8 Å². The Balaban J connectivity index is 0. The summed E-state index contributed by atoms with van der Waals surface area (Å²) in [5.74, 6) is -0.671. The lowest BCUT2D eigenvalue weighted by molar-refractivity contribution is -0.111. The first-order valence-electron chi connectivity index (χ1n) is 5.77. The van der Waals surface area contributed by atoms with Gasteiger partial charge in [0.1, 0.15) is 16.4 Å². The number of allylic oxidation sites excluding steroid dienone is 3. The lowest BCUT2D eigenvalue weighted by atomic mass is 9.94. The first kappa shape index (κ1) is 22.8. The van der Waals surface area contributed by atoms with Crippen molar-refractivity contribution in [3.8, 4) is 0 Å². The maximum absolute atomic E-state index is 12.0. The van der Waals surface area contributed by atoms with E-state index in [1.807, 2.05) is 0 Å².